The molecule has 2 N–H and O–H groups in total. The number of piperazine rings is 1. The molecule has 6 rings (SSSR count). The second-order valence-corrected chi connectivity index (χ2v) is 10.3. The minimum absolute atomic E-state index is 0.0870. The van der Waals surface area contributed by atoms with Gasteiger partial charge in [0.2, 0.25) is 5.91 Å². The van der Waals surface area contributed by atoms with Crippen LogP contribution in [0, 0.1) is 0 Å². The summed E-state index contributed by atoms with van der Waals surface area (Å²) in [6.07, 6.45) is 0. The number of hydrogen-bond donors (Lipinski definition) is 2. The largest absolute Gasteiger partial charge is 0.462 e. The lowest BCUT2D eigenvalue weighted by molar-refractivity contribution is -0.132. The number of nitrogens with zero attached hydrogens (tertiary/aromatic N) is 2. The second-order valence-electron chi connectivity index (χ2n) is 10.3. The van der Waals surface area contributed by atoms with Crippen LogP contribution in [-0.2, 0) is 9.53 Å². The molecule has 0 saturated carbocycles. The molecule has 0 atom stereocenters. The van der Waals surface area contributed by atoms with Crippen LogP contribution in [0.2, 0.25) is 0 Å². The van der Waals surface area contributed by atoms with Crippen LogP contribution >= 0.6 is 0 Å². The van der Waals surface area contributed by atoms with Gasteiger partial charge in [-0.2, -0.15) is 0 Å². The van der Waals surface area contributed by atoms with Gasteiger partial charge >= 0.3 is 12.0 Å². The number of anilines is 3. The molecule has 1 fully saturated rings. The van der Waals surface area contributed by atoms with E-state index < -0.39 is 5.97 Å². The van der Waals surface area contributed by atoms with E-state index in [9.17, 15) is 14.4 Å². The van der Waals surface area contributed by atoms with E-state index in [1.165, 1.54) is 0 Å². The van der Waals surface area contributed by atoms with Crippen molar-refractivity contribution in [2.45, 2.75) is 12.8 Å². The number of benzene rings is 4. The minimum Gasteiger partial charge on any atom is -0.462 e. The lowest BCUT2D eigenvalue weighted by atomic mass is 9.86. The molecular weight excluding hydrogens is 544 g/mol. The number of rotatable bonds is 6. The number of fused-ring (bicyclic) bond motifs is 2. The molecule has 0 aromatic heterocycles. The van der Waals surface area contributed by atoms with Gasteiger partial charge in [-0.15, -0.1) is 0 Å². The summed E-state index contributed by atoms with van der Waals surface area (Å²) in [6, 6.07) is 29.3. The van der Waals surface area contributed by atoms with Gasteiger partial charge in [0.1, 0.15) is 11.5 Å². The van der Waals surface area contributed by atoms with Crippen molar-refractivity contribution in [1.82, 2.24) is 4.90 Å². The van der Waals surface area contributed by atoms with Crippen LogP contribution in [0.3, 0.4) is 0 Å². The van der Waals surface area contributed by atoms with E-state index >= 15 is 0 Å². The summed E-state index contributed by atoms with van der Waals surface area (Å²) in [5.74, 6) is 0.756. The molecular formula is C34H32N4O5. The fraction of sp³-hybridized carbons (Fsp3) is 0.206. The summed E-state index contributed by atoms with van der Waals surface area (Å²) in [5, 5.41) is 5.59. The molecule has 2 aliphatic rings. The molecule has 4 aromatic rings. The Morgan fingerprint density at radius 3 is 1.84 bits per heavy atom. The van der Waals surface area contributed by atoms with Crippen molar-refractivity contribution in [3.05, 3.63) is 114 Å². The van der Waals surface area contributed by atoms with Crippen molar-refractivity contribution >= 4 is 35.0 Å². The number of esters is 1. The number of hydrogen-bond acceptors (Lipinski definition) is 6. The summed E-state index contributed by atoms with van der Waals surface area (Å²) in [5.41, 5.74) is 4.45. The monoisotopic (exact) mass is 576 g/mol. The van der Waals surface area contributed by atoms with Gasteiger partial charge in [0.25, 0.3) is 0 Å². The van der Waals surface area contributed by atoms with Crippen molar-refractivity contribution in [2.75, 3.05) is 48.3 Å². The summed E-state index contributed by atoms with van der Waals surface area (Å²) in [6.45, 7) is 4.68. The van der Waals surface area contributed by atoms with Gasteiger partial charge in [0, 0.05) is 54.4 Å². The fourth-order valence-corrected chi connectivity index (χ4v) is 5.50. The maximum atomic E-state index is 13.9. The molecule has 0 unspecified atom stereocenters. The number of carbonyl (C=O) groups excluding carboxylic acids is 3. The first kappa shape index (κ1) is 27.8. The Labute approximate surface area is 250 Å². The van der Waals surface area contributed by atoms with E-state index in [4.69, 9.17) is 9.47 Å². The zero-order chi connectivity index (χ0) is 29.8. The summed E-state index contributed by atoms with van der Waals surface area (Å²) < 4.78 is 11.1. The van der Waals surface area contributed by atoms with Crippen molar-refractivity contribution in [3.63, 3.8) is 0 Å². The van der Waals surface area contributed by atoms with Crippen molar-refractivity contribution in [2.24, 2.45) is 0 Å². The third-order valence-corrected chi connectivity index (χ3v) is 7.66. The highest BCUT2D eigenvalue weighted by Gasteiger charge is 2.36. The molecule has 0 aliphatic carbocycles. The third-order valence-electron chi connectivity index (χ3n) is 7.66. The Balaban J connectivity index is 1.04. The van der Waals surface area contributed by atoms with E-state index in [0.717, 1.165) is 28.3 Å². The van der Waals surface area contributed by atoms with Crippen molar-refractivity contribution < 1.29 is 23.9 Å². The Morgan fingerprint density at radius 1 is 0.744 bits per heavy atom. The van der Waals surface area contributed by atoms with Gasteiger partial charge in [0.05, 0.1) is 18.1 Å². The zero-order valence-electron chi connectivity index (χ0n) is 23.8. The van der Waals surface area contributed by atoms with Crippen LogP contribution in [0.25, 0.3) is 0 Å². The Bertz CT molecular complexity index is 1580. The minimum atomic E-state index is -0.400. The molecule has 9 heteroatoms. The normalized spacial score (nSPS) is 14.2. The van der Waals surface area contributed by atoms with Gasteiger partial charge in [-0.25, -0.2) is 9.59 Å². The number of carbonyl (C=O) groups is 3. The molecule has 218 valence electrons. The molecule has 2 heterocycles. The smallest absolute Gasteiger partial charge is 0.338 e. The SMILES string of the molecule is CCOC(=O)c1ccc(NC(=O)Nc2ccc(N3CCN(C(=O)C4c5ccccc5Oc5ccccc54)CC3)cc2)cc1. The maximum absolute atomic E-state index is 13.9. The topological polar surface area (TPSA) is 100 Å². The first-order valence-corrected chi connectivity index (χ1v) is 14.3. The average Bonchev–Trinajstić information content (AvgIpc) is 3.04. The van der Waals surface area contributed by atoms with Crippen LogP contribution in [0.1, 0.15) is 34.3 Å². The molecule has 0 bridgehead atoms. The second kappa shape index (κ2) is 12.3. The highest BCUT2D eigenvalue weighted by molar-refractivity contribution is 6.00. The molecule has 3 amide bonds. The van der Waals surface area contributed by atoms with Gasteiger partial charge in [-0.3, -0.25) is 4.79 Å². The lowest BCUT2D eigenvalue weighted by Gasteiger charge is -2.38. The first-order valence-electron chi connectivity index (χ1n) is 14.3. The predicted molar refractivity (Wildman–Crippen MR) is 165 cm³/mol. The first-order chi connectivity index (χ1) is 21.0. The zero-order valence-corrected chi connectivity index (χ0v) is 23.8. The Kier molecular flexibility index (Phi) is 7.95. The van der Waals surface area contributed by atoms with Crippen LogP contribution in [0.4, 0.5) is 21.9 Å². The highest BCUT2D eigenvalue weighted by atomic mass is 16.5. The van der Waals surface area contributed by atoms with E-state index in [2.05, 4.69) is 15.5 Å². The van der Waals surface area contributed by atoms with E-state index in [-0.39, 0.29) is 17.9 Å². The third kappa shape index (κ3) is 6.01. The number of ether oxygens (including phenoxy) is 2. The van der Waals surface area contributed by atoms with E-state index in [0.29, 0.717) is 49.7 Å². The van der Waals surface area contributed by atoms with Gasteiger partial charge in [-0.1, -0.05) is 36.4 Å². The van der Waals surface area contributed by atoms with Crippen LogP contribution in [-0.4, -0.2) is 55.6 Å². The Hall–Kier alpha value is -5.31. The van der Waals surface area contributed by atoms with E-state index in [1.807, 2.05) is 77.7 Å². The van der Waals surface area contributed by atoms with Gasteiger partial charge < -0.3 is 29.9 Å². The molecule has 4 aromatic carbocycles. The van der Waals surface area contributed by atoms with Crippen molar-refractivity contribution in [3.8, 4) is 11.5 Å². The number of nitrogens with one attached hydrogen (secondary N) is 2. The number of para-hydroxylation sites is 2. The maximum Gasteiger partial charge on any atom is 0.338 e. The predicted octanol–water partition coefficient (Wildman–Crippen LogP) is 6.09. The summed E-state index contributed by atoms with van der Waals surface area (Å²) >= 11 is 0. The quantitative estimate of drug-likeness (QED) is 0.269. The van der Waals surface area contributed by atoms with Crippen LogP contribution in [0.5, 0.6) is 11.5 Å². The highest BCUT2D eigenvalue weighted by Crippen LogP contribution is 2.44. The standard InChI is InChI=1S/C34H32N4O5/c1-2-42-33(40)23-11-13-24(14-12-23)35-34(41)36-25-15-17-26(18-16-25)37-19-21-38(22-20-37)32(39)31-27-7-3-5-9-29(27)43-30-10-6-4-8-28(30)31/h3-18,31H,2,19-22H2,1H3,(H2,35,36,41). The van der Waals surface area contributed by atoms with Gasteiger partial charge in [0.15, 0.2) is 0 Å². The fourth-order valence-electron chi connectivity index (χ4n) is 5.50. The van der Waals surface area contributed by atoms with Crippen LogP contribution in [0.15, 0.2) is 97.1 Å². The number of amides is 3. The van der Waals surface area contributed by atoms with Crippen molar-refractivity contribution in [1.29, 1.82) is 0 Å². The Morgan fingerprint density at radius 2 is 1.28 bits per heavy atom. The molecule has 2 aliphatic heterocycles. The molecule has 0 radical (unpaired) electrons. The summed E-state index contributed by atoms with van der Waals surface area (Å²) in [4.78, 5) is 42.4. The van der Waals surface area contributed by atoms with Gasteiger partial charge in [-0.05, 0) is 67.6 Å². The average molecular weight is 577 g/mol. The molecule has 0 spiro atoms. The molecule has 43 heavy (non-hydrogen) atoms. The van der Waals surface area contributed by atoms with E-state index in [1.54, 1.807) is 31.2 Å². The molecule has 9 nitrogen and oxygen atoms in total. The summed E-state index contributed by atoms with van der Waals surface area (Å²) in [7, 11) is 0. The molecule has 1 saturated heterocycles. The lowest BCUT2D eigenvalue weighted by Crippen LogP contribution is -2.50. The number of urea groups is 1. The van der Waals surface area contributed by atoms with Crippen LogP contribution < -0.4 is 20.3 Å².